The lowest BCUT2D eigenvalue weighted by atomic mass is 9.48. The van der Waals surface area contributed by atoms with Crippen LogP contribution < -0.4 is 5.32 Å². The molecule has 15 heavy (non-hydrogen) atoms. The molecule has 0 unspecified atom stereocenters. The molecule has 0 aliphatic heterocycles. The third-order valence-electron chi connectivity index (χ3n) is 5.64. The molecule has 0 spiro atoms. The first-order valence-electron chi connectivity index (χ1n) is 7.05. The van der Waals surface area contributed by atoms with Crippen LogP contribution in [0.5, 0.6) is 0 Å². The van der Waals surface area contributed by atoms with E-state index in [0.717, 1.165) is 29.2 Å². The number of hydrogen-bond acceptors (Lipinski definition) is 0. The Bertz CT molecular complexity index is 210. The number of rotatable bonds is 3. The average molecular weight is 208 g/mol. The summed E-state index contributed by atoms with van der Waals surface area (Å²) in [6.07, 6.45) is 9.44. The fourth-order valence-corrected chi connectivity index (χ4v) is 5.34. The highest BCUT2D eigenvalue weighted by Crippen LogP contribution is 2.60. The molecule has 0 saturated heterocycles. The molecule has 1 nitrogen and oxygen atoms in total. The van der Waals surface area contributed by atoms with Crippen LogP contribution in [0.25, 0.3) is 0 Å². The maximum absolute atomic E-state index is 2.59. The third kappa shape index (κ3) is 1.54. The van der Waals surface area contributed by atoms with Crippen molar-refractivity contribution in [2.24, 2.45) is 23.2 Å². The zero-order valence-corrected chi connectivity index (χ0v) is 10.3. The molecule has 4 bridgehead atoms. The largest absolute Gasteiger partial charge is 0.344 e. The minimum atomic E-state index is 0.755. The Balaban J connectivity index is 1.80. The van der Waals surface area contributed by atoms with Crippen molar-refractivity contribution in [2.75, 3.05) is 6.54 Å². The minimum absolute atomic E-state index is 0.755. The third-order valence-corrected chi connectivity index (χ3v) is 5.64. The van der Waals surface area contributed by atoms with Crippen LogP contribution in [0.1, 0.15) is 52.4 Å². The van der Waals surface area contributed by atoms with Crippen molar-refractivity contribution < 1.29 is 5.32 Å². The van der Waals surface area contributed by atoms with E-state index in [0.29, 0.717) is 0 Å². The first-order chi connectivity index (χ1) is 7.22. The van der Waals surface area contributed by atoms with E-state index in [-0.39, 0.29) is 0 Å². The zero-order valence-electron chi connectivity index (χ0n) is 10.3. The van der Waals surface area contributed by atoms with Crippen LogP contribution >= 0.6 is 0 Å². The van der Waals surface area contributed by atoms with Crippen LogP contribution in [0, 0.1) is 23.2 Å². The van der Waals surface area contributed by atoms with Crippen molar-refractivity contribution in [3.63, 3.8) is 0 Å². The molecular formula is C14H26N+. The van der Waals surface area contributed by atoms with Gasteiger partial charge in [0.1, 0.15) is 0 Å². The summed E-state index contributed by atoms with van der Waals surface area (Å²) < 4.78 is 0. The Morgan fingerprint density at radius 1 is 1.07 bits per heavy atom. The summed E-state index contributed by atoms with van der Waals surface area (Å²) in [5.74, 6) is 3.34. The maximum atomic E-state index is 2.59. The van der Waals surface area contributed by atoms with Crippen LogP contribution in [-0.2, 0) is 0 Å². The fraction of sp³-hybridized carbons (Fsp3) is 1.00. The van der Waals surface area contributed by atoms with Crippen LogP contribution in [0.2, 0.25) is 0 Å². The molecule has 0 heterocycles. The molecule has 2 N–H and O–H groups in total. The van der Waals surface area contributed by atoms with Gasteiger partial charge in [-0.15, -0.1) is 0 Å². The summed E-state index contributed by atoms with van der Waals surface area (Å²) in [7, 11) is 0. The first kappa shape index (κ1) is 10.1. The molecule has 4 rings (SSSR count). The van der Waals surface area contributed by atoms with E-state index < -0.39 is 0 Å². The molecule has 4 fully saturated rings. The lowest BCUT2D eigenvalue weighted by molar-refractivity contribution is -0.699. The summed E-state index contributed by atoms with van der Waals surface area (Å²) in [6, 6.07) is 0.885. The van der Waals surface area contributed by atoms with Gasteiger partial charge in [0.15, 0.2) is 0 Å². The highest BCUT2D eigenvalue weighted by molar-refractivity contribution is 5.03. The van der Waals surface area contributed by atoms with Gasteiger partial charge < -0.3 is 5.32 Å². The fourth-order valence-electron chi connectivity index (χ4n) is 5.34. The van der Waals surface area contributed by atoms with Gasteiger partial charge in [-0.3, -0.25) is 0 Å². The number of nitrogens with two attached hydrogens (primary N) is 1. The van der Waals surface area contributed by atoms with Crippen LogP contribution in [0.4, 0.5) is 0 Å². The molecular weight excluding hydrogens is 182 g/mol. The zero-order chi connectivity index (χ0) is 10.5. The molecule has 0 amide bonds. The van der Waals surface area contributed by atoms with Gasteiger partial charge in [0.2, 0.25) is 0 Å². The van der Waals surface area contributed by atoms with Crippen molar-refractivity contribution in [1.82, 2.24) is 0 Å². The molecule has 0 aromatic heterocycles. The predicted octanol–water partition coefficient (Wildman–Crippen LogP) is 2.17. The SMILES string of the molecule is CC[NH2+][C@H](C)C12CC3CC(CC(C3)C1)C2. The molecule has 4 aliphatic rings. The van der Waals surface area contributed by atoms with E-state index >= 15 is 0 Å². The van der Waals surface area contributed by atoms with Gasteiger partial charge in [0.25, 0.3) is 0 Å². The van der Waals surface area contributed by atoms with E-state index in [2.05, 4.69) is 19.2 Å². The smallest absolute Gasteiger partial charge is 0.0887 e. The predicted molar refractivity (Wildman–Crippen MR) is 62.5 cm³/mol. The Labute approximate surface area is 94.0 Å². The van der Waals surface area contributed by atoms with E-state index in [1.54, 1.807) is 38.5 Å². The van der Waals surface area contributed by atoms with Gasteiger partial charge in [0.05, 0.1) is 12.6 Å². The highest BCUT2D eigenvalue weighted by Gasteiger charge is 2.54. The summed E-state index contributed by atoms with van der Waals surface area (Å²) in [4.78, 5) is 0. The standard InChI is InChI=1S/C14H25N/c1-3-15-10(2)14-7-11-4-12(8-14)6-13(5-11)9-14/h10-13,15H,3-9H2,1-2H3/p+1/t10-,11?,12?,13?,14?/m1/s1. The van der Waals surface area contributed by atoms with Gasteiger partial charge in [-0.1, -0.05) is 0 Å². The maximum Gasteiger partial charge on any atom is 0.0887 e. The van der Waals surface area contributed by atoms with Crippen LogP contribution in [0.15, 0.2) is 0 Å². The summed E-state index contributed by atoms with van der Waals surface area (Å²) in [5, 5.41) is 2.59. The van der Waals surface area contributed by atoms with Gasteiger partial charge in [-0.25, -0.2) is 0 Å². The summed E-state index contributed by atoms with van der Waals surface area (Å²) in [5.41, 5.74) is 0.755. The van der Waals surface area contributed by atoms with Crippen molar-refractivity contribution in [1.29, 1.82) is 0 Å². The van der Waals surface area contributed by atoms with E-state index in [9.17, 15) is 0 Å². The molecule has 4 saturated carbocycles. The second-order valence-electron chi connectivity index (χ2n) is 6.71. The molecule has 0 radical (unpaired) electrons. The first-order valence-corrected chi connectivity index (χ1v) is 7.05. The second kappa shape index (κ2) is 3.48. The number of quaternary nitrogens is 1. The summed E-state index contributed by atoms with van der Waals surface area (Å²) in [6.45, 7) is 6.07. The Morgan fingerprint density at radius 3 is 1.93 bits per heavy atom. The van der Waals surface area contributed by atoms with Gasteiger partial charge in [0, 0.05) is 5.41 Å². The molecule has 0 aromatic carbocycles. The molecule has 0 aromatic rings. The quantitative estimate of drug-likeness (QED) is 0.732. The monoisotopic (exact) mass is 208 g/mol. The van der Waals surface area contributed by atoms with Gasteiger partial charge in [-0.2, -0.15) is 0 Å². The number of hydrogen-bond donors (Lipinski definition) is 1. The molecule has 4 aliphatic carbocycles. The van der Waals surface area contributed by atoms with Crippen molar-refractivity contribution >= 4 is 0 Å². The minimum Gasteiger partial charge on any atom is -0.344 e. The van der Waals surface area contributed by atoms with Gasteiger partial charge >= 0.3 is 0 Å². The highest BCUT2D eigenvalue weighted by atomic mass is 14.9. The summed E-state index contributed by atoms with van der Waals surface area (Å²) >= 11 is 0. The normalized spacial score (nSPS) is 49.6. The van der Waals surface area contributed by atoms with E-state index in [1.807, 2.05) is 0 Å². The molecule has 86 valence electrons. The van der Waals surface area contributed by atoms with Crippen LogP contribution in [-0.4, -0.2) is 12.6 Å². The Kier molecular flexibility index (Phi) is 2.35. The average Bonchev–Trinajstić information content (AvgIpc) is 2.15. The van der Waals surface area contributed by atoms with E-state index in [4.69, 9.17) is 0 Å². The molecule has 1 atom stereocenters. The van der Waals surface area contributed by atoms with Crippen molar-refractivity contribution in [3.05, 3.63) is 0 Å². The van der Waals surface area contributed by atoms with Crippen molar-refractivity contribution in [3.8, 4) is 0 Å². The lowest BCUT2D eigenvalue weighted by Gasteiger charge is -2.57. The van der Waals surface area contributed by atoms with Gasteiger partial charge in [-0.05, 0) is 70.1 Å². The van der Waals surface area contributed by atoms with Crippen LogP contribution in [0.3, 0.4) is 0 Å². The Hall–Kier alpha value is -0.0400. The lowest BCUT2D eigenvalue weighted by Crippen LogP contribution is -2.92. The second-order valence-corrected chi connectivity index (χ2v) is 6.71. The van der Waals surface area contributed by atoms with Crippen molar-refractivity contribution in [2.45, 2.75) is 58.4 Å². The molecule has 1 heteroatoms. The topological polar surface area (TPSA) is 16.6 Å². The Morgan fingerprint density at radius 2 is 1.53 bits per heavy atom. The van der Waals surface area contributed by atoms with E-state index in [1.165, 1.54) is 6.54 Å².